The second-order valence-corrected chi connectivity index (χ2v) is 3.92. The molecule has 0 fully saturated rings. The van der Waals surface area contributed by atoms with Crippen LogP contribution in [0, 0.1) is 0 Å². The van der Waals surface area contributed by atoms with Gasteiger partial charge in [0.1, 0.15) is 5.75 Å². The number of hydrogen-bond donors (Lipinski definition) is 1. The molecule has 0 aliphatic rings. The Kier molecular flexibility index (Phi) is 6.55. The minimum Gasteiger partial charge on any atom is -0.759 e. The van der Waals surface area contributed by atoms with E-state index in [1.54, 1.807) is 12.1 Å². The predicted molar refractivity (Wildman–Crippen MR) is 62.1 cm³/mol. The van der Waals surface area contributed by atoms with Gasteiger partial charge in [0.05, 0.1) is 0 Å². The van der Waals surface area contributed by atoms with Crippen LogP contribution in [0.1, 0.15) is 13.8 Å². The summed E-state index contributed by atoms with van der Waals surface area (Å²) in [7, 11) is -5.17. The summed E-state index contributed by atoms with van der Waals surface area (Å²) in [5, 5.41) is 9.23. The van der Waals surface area contributed by atoms with Crippen molar-refractivity contribution in [1.29, 1.82) is 0 Å². The molecule has 0 bridgehead atoms. The van der Waals surface area contributed by atoms with Crippen LogP contribution in [0.25, 0.3) is 0 Å². The summed E-state index contributed by atoms with van der Waals surface area (Å²) in [6.07, 6.45) is 0. The van der Waals surface area contributed by atoms with Gasteiger partial charge in [0, 0.05) is 35.2 Å². The number of rotatable bonds is 3. The predicted octanol–water partition coefficient (Wildman–Crippen LogP) is 0.900. The Bertz CT molecular complexity index is 420. The maximum atomic E-state index is 9.23. The molecule has 0 amide bonds. The zero-order valence-corrected chi connectivity index (χ0v) is 10.5. The van der Waals surface area contributed by atoms with Crippen LogP contribution >= 0.6 is 0 Å². The highest BCUT2D eigenvalue weighted by Gasteiger charge is 2.00. The van der Waals surface area contributed by atoms with E-state index >= 15 is 0 Å². The Morgan fingerprint density at radius 3 is 2.06 bits per heavy atom. The lowest BCUT2D eigenvalue weighted by atomic mass is 10.2. The number of phenols is 1. The molecule has 0 radical (unpaired) electrons. The zero-order valence-electron chi connectivity index (χ0n) is 9.66. The molecule has 98 valence electrons. The van der Waals surface area contributed by atoms with Crippen molar-refractivity contribution in [3.05, 3.63) is 24.3 Å². The molecule has 0 aliphatic carbocycles. The van der Waals surface area contributed by atoms with E-state index in [9.17, 15) is 5.11 Å². The topological polar surface area (TPSA) is 104 Å². The van der Waals surface area contributed by atoms with Gasteiger partial charge in [0.25, 0.3) is 0 Å². The zero-order chi connectivity index (χ0) is 13.5. The minimum absolute atomic E-state index is 0.333. The van der Waals surface area contributed by atoms with Crippen LogP contribution in [0.15, 0.2) is 24.3 Å². The Labute approximate surface area is 101 Å². The first-order valence-electron chi connectivity index (χ1n) is 4.98. The monoisotopic (exact) mass is 261 g/mol. The van der Waals surface area contributed by atoms with E-state index in [0.717, 1.165) is 18.8 Å². The molecule has 1 aromatic carbocycles. The van der Waals surface area contributed by atoms with Gasteiger partial charge in [-0.2, -0.15) is 0 Å². The standard InChI is InChI=1S/C10H15NO.H2O4S/c1-3-11(4-2)9-6-5-7-10(12)8-9;1-5(2,3)4/h5-8,12H,3-4H2,1-2H3;(H2,1,2,3,4)/p-2. The lowest BCUT2D eigenvalue weighted by Gasteiger charge is -2.20. The van der Waals surface area contributed by atoms with Crippen LogP contribution in [-0.2, 0) is 10.4 Å². The molecule has 0 aliphatic heterocycles. The number of aromatic hydroxyl groups is 1. The first kappa shape index (κ1) is 15.7. The van der Waals surface area contributed by atoms with Gasteiger partial charge in [-0.25, -0.2) is 0 Å². The number of benzene rings is 1. The van der Waals surface area contributed by atoms with Crippen LogP contribution in [0.3, 0.4) is 0 Å². The van der Waals surface area contributed by atoms with E-state index in [-0.39, 0.29) is 0 Å². The maximum Gasteiger partial charge on any atom is 0.117 e. The fraction of sp³-hybridized carbons (Fsp3) is 0.400. The SMILES string of the molecule is CCN(CC)c1cccc(O)c1.O=S(=O)([O-])[O-]. The van der Waals surface area contributed by atoms with E-state index in [1.807, 2.05) is 12.1 Å². The van der Waals surface area contributed by atoms with Crippen molar-refractivity contribution >= 4 is 16.1 Å². The molecular weight excluding hydrogens is 246 g/mol. The largest absolute Gasteiger partial charge is 0.759 e. The Hall–Kier alpha value is -1.31. The summed E-state index contributed by atoms with van der Waals surface area (Å²) in [5.74, 6) is 0.333. The minimum atomic E-state index is -5.17. The molecule has 0 heterocycles. The molecule has 0 atom stereocenters. The molecular formula is C10H15NO5S-2. The Morgan fingerprint density at radius 1 is 1.24 bits per heavy atom. The molecule has 0 spiro atoms. The van der Waals surface area contributed by atoms with Crippen molar-refractivity contribution < 1.29 is 22.6 Å². The summed E-state index contributed by atoms with van der Waals surface area (Å²) in [6.45, 7) is 6.15. The summed E-state index contributed by atoms with van der Waals surface area (Å²) in [5.41, 5.74) is 1.08. The third-order valence-electron chi connectivity index (χ3n) is 1.96. The molecule has 0 saturated heterocycles. The number of anilines is 1. The first-order chi connectivity index (χ1) is 7.77. The number of hydrogen-bond acceptors (Lipinski definition) is 6. The van der Waals surface area contributed by atoms with Crippen molar-refractivity contribution in [3.8, 4) is 5.75 Å². The fourth-order valence-electron chi connectivity index (χ4n) is 1.28. The lowest BCUT2D eigenvalue weighted by Crippen LogP contribution is -2.21. The average molecular weight is 261 g/mol. The molecule has 6 nitrogen and oxygen atoms in total. The highest BCUT2D eigenvalue weighted by Crippen LogP contribution is 2.19. The van der Waals surface area contributed by atoms with Gasteiger partial charge in [-0.3, -0.25) is 8.42 Å². The number of phenolic OH excluding ortho intramolecular Hbond substituents is 1. The van der Waals surface area contributed by atoms with E-state index in [2.05, 4.69) is 18.7 Å². The smallest absolute Gasteiger partial charge is 0.117 e. The van der Waals surface area contributed by atoms with Gasteiger partial charge in [0.15, 0.2) is 0 Å². The van der Waals surface area contributed by atoms with Crippen molar-refractivity contribution in [2.45, 2.75) is 13.8 Å². The average Bonchev–Trinajstić information content (AvgIpc) is 2.17. The van der Waals surface area contributed by atoms with Crippen molar-refractivity contribution in [2.24, 2.45) is 0 Å². The van der Waals surface area contributed by atoms with Crippen molar-refractivity contribution in [1.82, 2.24) is 0 Å². The fourth-order valence-corrected chi connectivity index (χ4v) is 1.28. The third-order valence-corrected chi connectivity index (χ3v) is 1.96. The second-order valence-electron chi connectivity index (χ2n) is 3.10. The van der Waals surface area contributed by atoms with E-state index in [0.29, 0.717) is 5.75 Å². The van der Waals surface area contributed by atoms with Crippen LogP contribution in [0.2, 0.25) is 0 Å². The highest BCUT2D eigenvalue weighted by atomic mass is 32.3. The Balaban J connectivity index is 0.000000437. The molecule has 7 heteroatoms. The van der Waals surface area contributed by atoms with E-state index in [1.165, 1.54) is 0 Å². The molecule has 1 rings (SSSR count). The van der Waals surface area contributed by atoms with Gasteiger partial charge in [-0.15, -0.1) is 0 Å². The van der Waals surface area contributed by atoms with Crippen LogP contribution in [0.4, 0.5) is 5.69 Å². The molecule has 1 aromatic rings. The summed E-state index contributed by atoms with van der Waals surface area (Å²) < 4.78 is 34.1. The molecule has 0 saturated carbocycles. The lowest BCUT2D eigenvalue weighted by molar-refractivity contribution is 0.352. The first-order valence-corrected chi connectivity index (χ1v) is 6.32. The van der Waals surface area contributed by atoms with Crippen LogP contribution < -0.4 is 4.90 Å². The van der Waals surface area contributed by atoms with Gasteiger partial charge >= 0.3 is 0 Å². The van der Waals surface area contributed by atoms with E-state index < -0.39 is 10.4 Å². The quantitative estimate of drug-likeness (QED) is 0.640. The second kappa shape index (κ2) is 7.10. The summed E-state index contributed by atoms with van der Waals surface area (Å²) >= 11 is 0. The molecule has 17 heavy (non-hydrogen) atoms. The number of nitrogens with zero attached hydrogens (tertiary/aromatic N) is 1. The molecule has 0 aromatic heterocycles. The highest BCUT2D eigenvalue weighted by molar-refractivity contribution is 7.79. The summed E-state index contributed by atoms with van der Waals surface area (Å²) in [6, 6.07) is 7.34. The van der Waals surface area contributed by atoms with Gasteiger partial charge in [-0.1, -0.05) is 6.07 Å². The van der Waals surface area contributed by atoms with E-state index in [4.69, 9.17) is 17.5 Å². The molecule has 0 unspecified atom stereocenters. The van der Waals surface area contributed by atoms with Crippen LogP contribution in [-0.4, -0.2) is 35.7 Å². The normalized spacial score (nSPS) is 10.4. The van der Waals surface area contributed by atoms with Crippen molar-refractivity contribution in [3.63, 3.8) is 0 Å². The van der Waals surface area contributed by atoms with Gasteiger partial charge < -0.3 is 19.1 Å². The third kappa shape index (κ3) is 8.49. The van der Waals surface area contributed by atoms with Gasteiger partial charge in [-0.05, 0) is 26.0 Å². The summed E-state index contributed by atoms with van der Waals surface area (Å²) in [4.78, 5) is 2.19. The maximum absolute atomic E-state index is 9.23. The van der Waals surface area contributed by atoms with Gasteiger partial charge in [0.2, 0.25) is 0 Å². The molecule has 1 N–H and O–H groups in total. The van der Waals surface area contributed by atoms with Crippen LogP contribution in [0.5, 0.6) is 5.75 Å². The Morgan fingerprint density at radius 2 is 1.71 bits per heavy atom. The van der Waals surface area contributed by atoms with Crippen molar-refractivity contribution in [2.75, 3.05) is 18.0 Å².